The first kappa shape index (κ1) is 16.1. The third-order valence-electron chi connectivity index (χ3n) is 4.04. The first-order valence-corrected chi connectivity index (χ1v) is 8.73. The second-order valence-corrected chi connectivity index (χ2v) is 6.52. The lowest BCUT2D eigenvalue weighted by Gasteiger charge is -2.20. The summed E-state index contributed by atoms with van der Waals surface area (Å²) in [6.45, 7) is 7.71. The van der Waals surface area contributed by atoms with Crippen LogP contribution < -0.4 is 4.90 Å². The molecule has 0 spiro atoms. The van der Waals surface area contributed by atoms with Crippen molar-refractivity contribution in [2.45, 2.75) is 46.2 Å². The molecule has 3 rings (SSSR count). The van der Waals surface area contributed by atoms with E-state index in [9.17, 15) is 4.79 Å². The number of thiazole rings is 1. The largest absolute Gasteiger partial charge is 0.340 e. The zero-order valence-corrected chi connectivity index (χ0v) is 14.5. The molecule has 1 fully saturated rings. The van der Waals surface area contributed by atoms with Gasteiger partial charge in [-0.1, -0.05) is 5.16 Å². The third kappa shape index (κ3) is 3.42. The molecule has 1 amide bonds. The number of amides is 1. The molecule has 0 unspecified atom stereocenters. The first-order chi connectivity index (χ1) is 11.1. The molecule has 7 nitrogen and oxygen atoms in total. The molecule has 0 bridgehead atoms. The Morgan fingerprint density at radius 2 is 2.35 bits per heavy atom. The number of anilines is 1. The fourth-order valence-corrected chi connectivity index (χ4v) is 3.88. The zero-order valence-electron chi connectivity index (χ0n) is 13.7. The number of hydrogen-bond acceptors (Lipinski definition) is 7. The van der Waals surface area contributed by atoms with Crippen LogP contribution in [0.1, 0.15) is 50.1 Å². The van der Waals surface area contributed by atoms with Crippen LogP contribution in [0.2, 0.25) is 0 Å². The lowest BCUT2D eigenvalue weighted by atomic mass is 10.2. The van der Waals surface area contributed by atoms with Gasteiger partial charge >= 0.3 is 0 Å². The molecule has 0 N–H and O–H groups in total. The maximum absolute atomic E-state index is 11.6. The highest BCUT2D eigenvalue weighted by molar-refractivity contribution is 7.14. The number of aryl methyl sites for hydroxylation is 1. The minimum Gasteiger partial charge on any atom is -0.340 e. The van der Waals surface area contributed by atoms with E-state index >= 15 is 0 Å². The minimum atomic E-state index is 0.0229. The Morgan fingerprint density at radius 3 is 3.00 bits per heavy atom. The van der Waals surface area contributed by atoms with Crippen LogP contribution in [0, 0.1) is 6.92 Å². The summed E-state index contributed by atoms with van der Waals surface area (Å²) in [5.74, 6) is 1.38. The maximum atomic E-state index is 11.6. The van der Waals surface area contributed by atoms with E-state index in [4.69, 9.17) is 4.52 Å². The molecule has 124 valence electrons. The van der Waals surface area contributed by atoms with Gasteiger partial charge in [0.1, 0.15) is 0 Å². The van der Waals surface area contributed by atoms with Crippen LogP contribution >= 0.6 is 11.3 Å². The van der Waals surface area contributed by atoms with E-state index in [0.717, 1.165) is 42.6 Å². The molecule has 0 saturated carbocycles. The van der Waals surface area contributed by atoms with E-state index in [-0.39, 0.29) is 11.9 Å². The Morgan fingerprint density at radius 1 is 1.52 bits per heavy atom. The number of carbonyl (C=O) groups is 1. The van der Waals surface area contributed by atoms with Crippen LogP contribution in [0.15, 0.2) is 9.90 Å². The van der Waals surface area contributed by atoms with Crippen molar-refractivity contribution in [3.05, 3.63) is 22.8 Å². The van der Waals surface area contributed by atoms with Gasteiger partial charge in [0.15, 0.2) is 11.0 Å². The summed E-state index contributed by atoms with van der Waals surface area (Å²) in [4.78, 5) is 24.6. The van der Waals surface area contributed by atoms with Crippen molar-refractivity contribution in [2.24, 2.45) is 0 Å². The molecule has 0 aromatic carbocycles. The molecular weight excluding hydrogens is 314 g/mol. The summed E-state index contributed by atoms with van der Waals surface area (Å²) in [6.07, 6.45) is 2.15. The highest BCUT2D eigenvalue weighted by atomic mass is 32.1. The molecule has 1 aliphatic heterocycles. The lowest BCUT2D eigenvalue weighted by molar-refractivity contribution is -0.116. The van der Waals surface area contributed by atoms with Gasteiger partial charge in [-0.15, -0.1) is 11.3 Å². The highest BCUT2D eigenvalue weighted by Gasteiger charge is 2.30. The van der Waals surface area contributed by atoms with Gasteiger partial charge in [0.05, 0.1) is 11.7 Å². The van der Waals surface area contributed by atoms with Gasteiger partial charge in [0, 0.05) is 32.3 Å². The van der Waals surface area contributed by atoms with E-state index in [2.05, 4.69) is 20.0 Å². The summed E-state index contributed by atoms with van der Waals surface area (Å²) in [6, 6.07) is 0.188. The van der Waals surface area contributed by atoms with Crippen LogP contribution in [0.3, 0.4) is 0 Å². The molecular formula is C15H21N5O2S. The van der Waals surface area contributed by atoms with Crippen molar-refractivity contribution < 1.29 is 9.32 Å². The number of carbonyl (C=O) groups excluding carboxylic acids is 1. The molecule has 3 heterocycles. The average Bonchev–Trinajstić information content (AvgIpc) is 3.21. The Kier molecular flexibility index (Phi) is 4.72. The molecule has 23 heavy (non-hydrogen) atoms. The minimum absolute atomic E-state index is 0.0229. The summed E-state index contributed by atoms with van der Waals surface area (Å²) in [5.41, 5.74) is 0.983. The smallest absolute Gasteiger partial charge is 0.225 e. The van der Waals surface area contributed by atoms with Gasteiger partial charge in [0.2, 0.25) is 11.8 Å². The predicted molar refractivity (Wildman–Crippen MR) is 87.2 cm³/mol. The molecule has 1 saturated heterocycles. The number of aromatic nitrogens is 3. The molecule has 1 atom stereocenters. The van der Waals surface area contributed by atoms with Gasteiger partial charge in [-0.2, -0.15) is 4.98 Å². The van der Waals surface area contributed by atoms with E-state index in [1.807, 2.05) is 19.2 Å². The summed E-state index contributed by atoms with van der Waals surface area (Å²) >= 11 is 1.51. The van der Waals surface area contributed by atoms with Crippen molar-refractivity contribution in [1.82, 2.24) is 20.0 Å². The Hall–Kier alpha value is -1.80. The van der Waals surface area contributed by atoms with Crippen molar-refractivity contribution in [2.75, 3.05) is 18.0 Å². The van der Waals surface area contributed by atoms with Crippen molar-refractivity contribution in [3.8, 4) is 0 Å². The van der Waals surface area contributed by atoms with E-state index in [0.29, 0.717) is 12.4 Å². The second-order valence-electron chi connectivity index (χ2n) is 5.68. The van der Waals surface area contributed by atoms with Gasteiger partial charge in [-0.05, 0) is 26.3 Å². The highest BCUT2D eigenvalue weighted by Crippen LogP contribution is 2.32. The van der Waals surface area contributed by atoms with Gasteiger partial charge in [-0.3, -0.25) is 14.6 Å². The lowest BCUT2D eigenvalue weighted by Crippen LogP contribution is -2.28. The summed E-state index contributed by atoms with van der Waals surface area (Å²) in [5, 5.41) is 6.85. The predicted octanol–water partition coefficient (Wildman–Crippen LogP) is 2.54. The van der Waals surface area contributed by atoms with Crippen molar-refractivity contribution in [3.63, 3.8) is 0 Å². The Balaban J connectivity index is 1.71. The average molecular weight is 335 g/mol. The summed E-state index contributed by atoms with van der Waals surface area (Å²) < 4.78 is 5.11. The van der Waals surface area contributed by atoms with Crippen LogP contribution in [0.4, 0.5) is 5.13 Å². The number of hydrogen-bond donors (Lipinski definition) is 0. The zero-order chi connectivity index (χ0) is 16.4. The SMILES string of the molecule is CCN(C(C)=O)c1nc(CN2CCC[C@H]2c2noc(C)n2)cs1. The third-order valence-corrected chi connectivity index (χ3v) is 4.95. The van der Waals surface area contributed by atoms with Crippen molar-refractivity contribution in [1.29, 1.82) is 0 Å². The topological polar surface area (TPSA) is 75.4 Å². The van der Waals surface area contributed by atoms with Gasteiger partial charge in [0.25, 0.3) is 0 Å². The molecule has 8 heteroatoms. The standard InChI is InChI=1S/C15H21N5O2S/c1-4-20(11(3)21)15-17-12(9-23-15)8-19-7-5-6-13(19)14-16-10(2)22-18-14/h9,13H,4-8H2,1-3H3/t13-/m0/s1. The first-order valence-electron chi connectivity index (χ1n) is 7.85. The van der Waals surface area contributed by atoms with E-state index in [1.54, 1.807) is 11.8 Å². The molecule has 1 aliphatic rings. The van der Waals surface area contributed by atoms with E-state index < -0.39 is 0 Å². The van der Waals surface area contributed by atoms with E-state index in [1.165, 1.54) is 11.3 Å². The number of nitrogens with zero attached hydrogens (tertiary/aromatic N) is 5. The van der Waals surface area contributed by atoms with Crippen molar-refractivity contribution >= 4 is 22.4 Å². The fourth-order valence-electron chi connectivity index (χ4n) is 2.95. The van der Waals surface area contributed by atoms with Gasteiger partial charge < -0.3 is 4.52 Å². The Labute approximate surface area is 139 Å². The quantitative estimate of drug-likeness (QED) is 0.836. The number of likely N-dealkylation sites (tertiary alicyclic amines) is 1. The van der Waals surface area contributed by atoms with Crippen LogP contribution in [0.5, 0.6) is 0 Å². The molecule has 2 aromatic rings. The molecule has 0 aliphatic carbocycles. The normalized spacial score (nSPS) is 18.5. The molecule has 2 aromatic heterocycles. The van der Waals surface area contributed by atoms with Crippen LogP contribution in [-0.4, -0.2) is 39.0 Å². The van der Waals surface area contributed by atoms with Crippen LogP contribution in [-0.2, 0) is 11.3 Å². The monoisotopic (exact) mass is 335 g/mol. The molecule has 0 radical (unpaired) electrons. The van der Waals surface area contributed by atoms with Gasteiger partial charge in [-0.25, -0.2) is 4.98 Å². The maximum Gasteiger partial charge on any atom is 0.225 e. The Bertz CT molecular complexity index is 683. The van der Waals surface area contributed by atoms with Crippen LogP contribution in [0.25, 0.3) is 0 Å². The second kappa shape index (κ2) is 6.76. The number of rotatable bonds is 5. The summed E-state index contributed by atoms with van der Waals surface area (Å²) in [7, 11) is 0. The fraction of sp³-hybridized carbons (Fsp3) is 0.600.